The van der Waals surface area contributed by atoms with E-state index in [1.807, 2.05) is 6.92 Å². The average Bonchev–Trinajstić information content (AvgIpc) is 3.11. The van der Waals surface area contributed by atoms with Gasteiger partial charge in [0.15, 0.2) is 4.34 Å². The molecule has 0 bridgehead atoms. The summed E-state index contributed by atoms with van der Waals surface area (Å²) in [6.07, 6.45) is 0.974. The minimum atomic E-state index is -3.42. The van der Waals surface area contributed by atoms with Gasteiger partial charge in [-0.2, -0.15) is 0 Å². The first kappa shape index (κ1) is 21.5. The smallest absolute Gasteiger partial charge is 0.229 e. The van der Waals surface area contributed by atoms with Crippen LogP contribution in [-0.2, 0) is 20.6 Å². The van der Waals surface area contributed by atoms with Crippen molar-refractivity contribution in [3.8, 4) is 0 Å². The maximum Gasteiger partial charge on any atom is 0.229 e. The molecule has 1 aromatic heterocycles. The number of piperidine rings is 1. The maximum atomic E-state index is 12.6. The Labute approximate surface area is 177 Å². The van der Waals surface area contributed by atoms with Gasteiger partial charge in [0.05, 0.1) is 5.75 Å². The molecule has 0 aliphatic carbocycles. The lowest BCUT2D eigenvalue weighted by atomic mass is 9.97. The quantitative estimate of drug-likeness (QED) is 0.502. The van der Waals surface area contributed by atoms with E-state index in [0.29, 0.717) is 41.6 Å². The van der Waals surface area contributed by atoms with Gasteiger partial charge in [-0.15, -0.1) is 10.2 Å². The molecule has 7 nitrogen and oxygen atoms in total. The van der Waals surface area contributed by atoms with Crippen LogP contribution in [0.5, 0.6) is 0 Å². The Morgan fingerprint density at radius 1 is 1.29 bits per heavy atom. The highest BCUT2D eigenvalue weighted by molar-refractivity contribution is 8.01. The summed E-state index contributed by atoms with van der Waals surface area (Å²) in [7, 11) is -3.42. The molecule has 3 rings (SSSR count). The van der Waals surface area contributed by atoms with Gasteiger partial charge in [0, 0.05) is 24.0 Å². The molecule has 1 amide bonds. The normalized spacial score (nSPS) is 16.2. The molecule has 2 aromatic rings. The van der Waals surface area contributed by atoms with Crippen LogP contribution in [0, 0.1) is 5.92 Å². The largest absolute Gasteiger partial charge is 0.300 e. The van der Waals surface area contributed by atoms with Crippen LogP contribution in [-0.4, -0.2) is 47.7 Å². The lowest BCUT2D eigenvalue weighted by Gasteiger charge is -2.30. The van der Waals surface area contributed by atoms with Crippen molar-refractivity contribution >= 4 is 55.8 Å². The average molecular weight is 461 g/mol. The van der Waals surface area contributed by atoms with Crippen LogP contribution >= 0.6 is 34.7 Å². The SMILES string of the molecule is CCSc1nnc(NC(=O)C2CCN(S(=O)(=O)Cc3ccc(Cl)cc3)CC2)s1. The number of benzene rings is 1. The van der Waals surface area contributed by atoms with Gasteiger partial charge in [-0.25, -0.2) is 12.7 Å². The van der Waals surface area contributed by atoms with E-state index in [0.717, 1.165) is 10.1 Å². The fourth-order valence-corrected chi connectivity index (χ4v) is 6.27. The maximum absolute atomic E-state index is 12.6. The second-order valence-corrected chi connectivity index (χ2v) is 11.2. The third-order valence-electron chi connectivity index (χ3n) is 4.38. The van der Waals surface area contributed by atoms with Crippen LogP contribution in [0.1, 0.15) is 25.3 Å². The summed E-state index contributed by atoms with van der Waals surface area (Å²) in [5, 5.41) is 11.9. The molecular formula is C17H21ClN4O3S3. The number of carbonyl (C=O) groups is 1. The molecule has 1 N–H and O–H groups in total. The van der Waals surface area contributed by atoms with E-state index in [2.05, 4.69) is 15.5 Å². The van der Waals surface area contributed by atoms with Gasteiger partial charge in [-0.1, -0.05) is 53.8 Å². The summed E-state index contributed by atoms with van der Waals surface area (Å²) < 4.78 is 27.6. The predicted molar refractivity (Wildman–Crippen MR) is 113 cm³/mol. The highest BCUT2D eigenvalue weighted by Gasteiger charge is 2.31. The van der Waals surface area contributed by atoms with Crippen molar-refractivity contribution < 1.29 is 13.2 Å². The molecule has 1 aliphatic heterocycles. The standard InChI is InChI=1S/C17H21ClN4O3S3/c1-2-26-17-21-20-16(27-17)19-15(23)13-7-9-22(10-8-13)28(24,25)11-12-3-5-14(18)6-4-12/h3-6,13H,2,7-11H2,1H3,(H,19,20,23). The summed E-state index contributed by atoms with van der Waals surface area (Å²) in [4.78, 5) is 12.5. The first-order valence-electron chi connectivity index (χ1n) is 8.87. The van der Waals surface area contributed by atoms with Gasteiger partial charge in [-0.05, 0) is 36.3 Å². The van der Waals surface area contributed by atoms with Crippen LogP contribution in [0.4, 0.5) is 5.13 Å². The molecule has 1 aromatic carbocycles. The van der Waals surface area contributed by atoms with E-state index in [1.165, 1.54) is 15.6 Å². The van der Waals surface area contributed by atoms with Crippen molar-refractivity contribution in [2.24, 2.45) is 5.92 Å². The number of carbonyl (C=O) groups excluding carboxylic acids is 1. The summed E-state index contributed by atoms with van der Waals surface area (Å²) >= 11 is 8.77. The number of thioether (sulfide) groups is 1. The predicted octanol–water partition coefficient (Wildman–Crippen LogP) is 3.48. The molecule has 28 heavy (non-hydrogen) atoms. The lowest BCUT2D eigenvalue weighted by molar-refractivity contribution is -0.120. The van der Waals surface area contributed by atoms with E-state index in [9.17, 15) is 13.2 Å². The van der Waals surface area contributed by atoms with Crippen molar-refractivity contribution in [2.75, 3.05) is 24.2 Å². The third-order valence-corrected chi connectivity index (χ3v) is 8.34. The molecule has 0 saturated carbocycles. The van der Waals surface area contributed by atoms with Crippen molar-refractivity contribution in [1.29, 1.82) is 0 Å². The Balaban J connectivity index is 1.52. The van der Waals surface area contributed by atoms with Gasteiger partial charge in [0.1, 0.15) is 0 Å². The minimum Gasteiger partial charge on any atom is -0.300 e. The number of aromatic nitrogens is 2. The number of nitrogens with zero attached hydrogens (tertiary/aromatic N) is 3. The second kappa shape index (κ2) is 9.53. The number of hydrogen-bond acceptors (Lipinski definition) is 7. The fourth-order valence-electron chi connectivity index (χ4n) is 2.93. The van der Waals surface area contributed by atoms with Crippen LogP contribution < -0.4 is 5.32 Å². The molecule has 1 saturated heterocycles. The van der Waals surface area contributed by atoms with Crippen LogP contribution in [0.25, 0.3) is 0 Å². The number of amides is 1. The zero-order valence-electron chi connectivity index (χ0n) is 15.3. The van der Waals surface area contributed by atoms with E-state index in [1.54, 1.807) is 36.0 Å². The topological polar surface area (TPSA) is 92.3 Å². The van der Waals surface area contributed by atoms with Crippen LogP contribution in [0.2, 0.25) is 5.02 Å². The van der Waals surface area contributed by atoms with Crippen molar-refractivity contribution in [3.63, 3.8) is 0 Å². The highest BCUT2D eigenvalue weighted by Crippen LogP contribution is 2.27. The minimum absolute atomic E-state index is 0.0658. The lowest BCUT2D eigenvalue weighted by Crippen LogP contribution is -2.41. The fraction of sp³-hybridized carbons (Fsp3) is 0.471. The number of nitrogens with one attached hydrogen (secondary N) is 1. The molecule has 0 spiro atoms. The third kappa shape index (κ3) is 5.66. The Hall–Kier alpha value is -1.20. The van der Waals surface area contributed by atoms with Gasteiger partial charge >= 0.3 is 0 Å². The molecule has 0 unspecified atom stereocenters. The monoisotopic (exact) mass is 460 g/mol. The molecule has 11 heteroatoms. The van der Waals surface area contributed by atoms with Crippen molar-refractivity contribution in [1.82, 2.24) is 14.5 Å². The summed E-state index contributed by atoms with van der Waals surface area (Å²) in [5.74, 6) is 0.474. The zero-order chi connectivity index (χ0) is 20.1. The van der Waals surface area contributed by atoms with E-state index >= 15 is 0 Å². The van der Waals surface area contributed by atoms with Crippen molar-refractivity contribution in [2.45, 2.75) is 29.9 Å². The molecule has 1 aliphatic rings. The first-order valence-corrected chi connectivity index (χ1v) is 12.7. The Morgan fingerprint density at radius 2 is 1.96 bits per heavy atom. The Morgan fingerprint density at radius 3 is 2.61 bits per heavy atom. The van der Waals surface area contributed by atoms with E-state index < -0.39 is 10.0 Å². The second-order valence-electron chi connectivity index (χ2n) is 6.35. The van der Waals surface area contributed by atoms with Crippen LogP contribution in [0.3, 0.4) is 0 Å². The zero-order valence-corrected chi connectivity index (χ0v) is 18.5. The van der Waals surface area contributed by atoms with E-state index in [-0.39, 0.29) is 17.6 Å². The number of anilines is 1. The first-order chi connectivity index (χ1) is 13.4. The summed E-state index contributed by atoms with van der Waals surface area (Å²) in [5.41, 5.74) is 0.696. The van der Waals surface area contributed by atoms with E-state index in [4.69, 9.17) is 11.6 Å². The molecule has 152 valence electrons. The number of rotatable bonds is 7. The van der Waals surface area contributed by atoms with Crippen LogP contribution in [0.15, 0.2) is 28.6 Å². The molecular weight excluding hydrogens is 440 g/mol. The highest BCUT2D eigenvalue weighted by atomic mass is 35.5. The Kier molecular flexibility index (Phi) is 7.32. The molecule has 2 heterocycles. The van der Waals surface area contributed by atoms with Crippen molar-refractivity contribution in [3.05, 3.63) is 34.9 Å². The Bertz CT molecular complexity index is 910. The van der Waals surface area contributed by atoms with Gasteiger partial charge in [0.2, 0.25) is 21.1 Å². The van der Waals surface area contributed by atoms with Gasteiger partial charge in [0.25, 0.3) is 0 Å². The molecule has 0 radical (unpaired) electrons. The number of sulfonamides is 1. The number of hydrogen-bond donors (Lipinski definition) is 1. The van der Waals surface area contributed by atoms with Gasteiger partial charge in [-0.3, -0.25) is 4.79 Å². The summed E-state index contributed by atoms with van der Waals surface area (Å²) in [6.45, 7) is 2.70. The molecule has 0 atom stereocenters. The number of halogens is 1. The van der Waals surface area contributed by atoms with Gasteiger partial charge < -0.3 is 5.32 Å². The molecule has 1 fully saturated rings. The summed E-state index contributed by atoms with van der Waals surface area (Å²) in [6, 6.07) is 6.79.